The van der Waals surface area contributed by atoms with Gasteiger partial charge in [0.1, 0.15) is 17.0 Å². The van der Waals surface area contributed by atoms with Gasteiger partial charge in [-0.25, -0.2) is 19.5 Å². The standard InChI is InChI=1S/C26H37N5O4/c1-25(2,3)34-23(32)30(24(33)35-26(4,5)6)15-17-13-19(14-17)31-16-20(22(29-31)18-10-11-18)28-21-9-7-8-12-27-21/h7-9,12,16-19H,10-11,13-15H2,1-6H3,(H,27,28)/t17-,19-. The quantitative estimate of drug-likeness (QED) is 0.536. The number of nitrogens with one attached hydrogen (secondary N) is 1. The molecule has 9 heteroatoms. The lowest BCUT2D eigenvalue weighted by Gasteiger charge is -2.38. The highest BCUT2D eigenvalue weighted by molar-refractivity contribution is 5.88. The van der Waals surface area contributed by atoms with E-state index >= 15 is 0 Å². The van der Waals surface area contributed by atoms with Crippen LogP contribution in [0, 0.1) is 5.92 Å². The lowest BCUT2D eigenvalue weighted by Crippen LogP contribution is -2.47. The van der Waals surface area contributed by atoms with Crippen LogP contribution < -0.4 is 5.32 Å². The maximum absolute atomic E-state index is 12.8. The minimum absolute atomic E-state index is 0.154. The summed E-state index contributed by atoms with van der Waals surface area (Å²) < 4.78 is 13.0. The van der Waals surface area contributed by atoms with Crippen LogP contribution >= 0.6 is 0 Å². The third kappa shape index (κ3) is 6.74. The molecule has 35 heavy (non-hydrogen) atoms. The summed E-state index contributed by atoms with van der Waals surface area (Å²) in [6.07, 6.45) is 6.42. The van der Waals surface area contributed by atoms with Gasteiger partial charge in [0.2, 0.25) is 0 Å². The third-order valence-corrected chi connectivity index (χ3v) is 5.91. The number of pyridine rings is 1. The largest absolute Gasteiger partial charge is 0.443 e. The van der Waals surface area contributed by atoms with E-state index in [2.05, 4.69) is 16.5 Å². The predicted molar refractivity (Wildman–Crippen MR) is 133 cm³/mol. The minimum Gasteiger partial charge on any atom is -0.443 e. The van der Waals surface area contributed by atoms with Crippen molar-refractivity contribution in [3.8, 4) is 0 Å². The maximum atomic E-state index is 12.8. The van der Waals surface area contributed by atoms with Gasteiger partial charge in [0.15, 0.2) is 0 Å². The Hall–Kier alpha value is -3.10. The molecule has 9 nitrogen and oxygen atoms in total. The molecule has 2 aliphatic carbocycles. The molecule has 0 saturated heterocycles. The number of hydrogen-bond acceptors (Lipinski definition) is 7. The summed E-state index contributed by atoms with van der Waals surface area (Å²) >= 11 is 0. The predicted octanol–water partition coefficient (Wildman–Crippen LogP) is 6.02. The third-order valence-electron chi connectivity index (χ3n) is 5.91. The van der Waals surface area contributed by atoms with E-state index in [9.17, 15) is 9.59 Å². The lowest BCUT2D eigenvalue weighted by molar-refractivity contribution is -0.00641. The zero-order valence-electron chi connectivity index (χ0n) is 21.6. The first-order chi connectivity index (χ1) is 16.4. The normalized spacial score (nSPS) is 20.1. The fraction of sp³-hybridized carbons (Fsp3) is 0.615. The molecular weight excluding hydrogens is 446 g/mol. The van der Waals surface area contributed by atoms with Crippen LogP contribution in [0.5, 0.6) is 0 Å². The van der Waals surface area contributed by atoms with Crippen LogP contribution in [0.25, 0.3) is 0 Å². The Bertz CT molecular complexity index is 1020. The monoisotopic (exact) mass is 483 g/mol. The number of anilines is 2. The summed E-state index contributed by atoms with van der Waals surface area (Å²) in [4.78, 5) is 31.0. The molecule has 0 bridgehead atoms. The first kappa shape index (κ1) is 25.0. The second kappa shape index (κ2) is 9.51. The van der Waals surface area contributed by atoms with Gasteiger partial charge in [0.25, 0.3) is 0 Å². The highest BCUT2D eigenvalue weighted by Crippen LogP contribution is 2.45. The molecule has 190 valence electrons. The summed E-state index contributed by atoms with van der Waals surface area (Å²) in [6, 6.07) is 6.00. The Balaban J connectivity index is 1.41. The topological polar surface area (TPSA) is 98.6 Å². The number of amides is 2. The first-order valence-corrected chi connectivity index (χ1v) is 12.4. The minimum atomic E-state index is -0.704. The number of rotatable bonds is 6. The van der Waals surface area contributed by atoms with E-state index in [0.29, 0.717) is 5.92 Å². The van der Waals surface area contributed by atoms with Crippen molar-refractivity contribution in [2.45, 2.75) is 90.4 Å². The fourth-order valence-corrected chi connectivity index (χ4v) is 4.10. The molecule has 2 saturated carbocycles. The van der Waals surface area contributed by atoms with E-state index < -0.39 is 23.4 Å². The zero-order chi connectivity index (χ0) is 25.4. The molecule has 0 radical (unpaired) electrons. The molecule has 0 unspecified atom stereocenters. The Labute approximate surface area is 207 Å². The van der Waals surface area contributed by atoms with Gasteiger partial charge in [-0.05, 0) is 85.3 Å². The van der Waals surface area contributed by atoms with Crippen molar-refractivity contribution < 1.29 is 19.1 Å². The molecule has 2 amide bonds. The highest BCUT2D eigenvalue weighted by Gasteiger charge is 2.39. The lowest BCUT2D eigenvalue weighted by atomic mass is 9.80. The Morgan fingerprint density at radius 3 is 2.20 bits per heavy atom. The van der Waals surface area contributed by atoms with Crippen molar-refractivity contribution in [2.75, 3.05) is 11.9 Å². The number of ether oxygens (including phenoxy) is 2. The summed E-state index contributed by atoms with van der Waals surface area (Å²) in [5.74, 6) is 1.44. The van der Waals surface area contributed by atoms with Crippen molar-refractivity contribution >= 4 is 23.7 Å². The van der Waals surface area contributed by atoms with Crippen molar-refractivity contribution in [1.82, 2.24) is 19.7 Å². The van der Waals surface area contributed by atoms with Crippen molar-refractivity contribution in [2.24, 2.45) is 5.92 Å². The van der Waals surface area contributed by atoms with Crippen LogP contribution in [0.1, 0.15) is 84.9 Å². The molecule has 2 aliphatic rings. The average molecular weight is 484 g/mol. The molecule has 2 aromatic heterocycles. The first-order valence-electron chi connectivity index (χ1n) is 12.4. The molecule has 0 aliphatic heterocycles. The van der Waals surface area contributed by atoms with E-state index in [-0.39, 0.29) is 18.5 Å². The van der Waals surface area contributed by atoms with Crippen molar-refractivity contribution in [3.05, 3.63) is 36.3 Å². The van der Waals surface area contributed by atoms with Gasteiger partial charge in [-0.1, -0.05) is 6.07 Å². The second-order valence-corrected chi connectivity index (χ2v) is 11.6. The summed E-state index contributed by atoms with van der Waals surface area (Å²) in [6.45, 7) is 10.9. The molecule has 2 aromatic rings. The van der Waals surface area contributed by atoms with Crippen LogP contribution in [0.4, 0.5) is 21.1 Å². The molecule has 2 heterocycles. The SMILES string of the molecule is CC(C)(C)OC(=O)N(C[C@H]1C[C@H](n2cc(Nc3ccccn3)c(C3CC3)n2)C1)C(=O)OC(C)(C)C. The van der Waals surface area contributed by atoms with Gasteiger partial charge in [-0.2, -0.15) is 5.10 Å². The maximum Gasteiger partial charge on any atom is 0.419 e. The molecule has 4 rings (SSSR count). The zero-order valence-corrected chi connectivity index (χ0v) is 21.6. The number of imide groups is 1. The fourth-order valence-electron chi connectivity index (χ4n) is 4.10. The van der Waals surface area contributed by atoms with Gasteiger partial charge in [-0.3, -0.25) is 4.68 Å². The average Bonchev–Trinajstić information content (AvgIpc) is 3.46. The van der Waals surface area contributed by atoms with Crippen LogP contribution in [0.15, 0.2) is 30.6 Å². The van der Waals surface area contributed by atoms with Crippen LogP contribution in [-0.4, -0.2) is 49.6 Å². The van der Waals surface area contributed by atoms with Crippen LogP contribution in [0.3, 0.4) is 0 Å². The van der Waals surface area contributed by atoms with Crippen molar-refractivity contribution in [3.63, 3.8) is 0 Å². The Morgan fingerprint density at radius 2 is 1.69 bits per heavy atom. The molecule has 0 atom stereocenters. The van der Waals surface area contributed by atoms with E-state index in [4.69, 9.17) is 14.6 Å². The summed E-state index contributed by atoms with van der Waals surface area (Å²) in [5, 5.41) is 8.31. The molecule has 0 spiro atoms. The second-order valence-electron chi connectivity index (χ2n) is 11.6. The van der Waals surface area contributed by atoms with E-state index in [1.807, 2.05) is 22.9 Å². The van der Waals surface area contributed by atoms with E-state index in [1.165, 1.54) is 0 Å². The Morgan fingerprint density at radius 1 is 1.06 bits per heavy atom. The number of aromatic nitrogens is 3. The van der Waals surface area contributed by atoms with Gasteiger partial charge >= 0.3 is 12.2 Å². The number of hydrogen-bond donors (Lipinski definition) is 1. The summed E-state index contributed by atoms with van der Waals surface area (Å²) in [7, 11) is 0. The Kier molecular flexibility index (Phi) is 6.79. The van der Waals surface area contributed by atoms with Gasteiger partial charge in [0.05, 0.1) is 17.4 Å². The van der Waals surface area contributed by atoms with Gasteiger partial charge in [0, 0.05) is 24.9 Å². The number of nitrogens with zero attached hydrogens (tertiary/aromatic N) is 4. The van der Waals surface area contributed by atoms with Gasteiger partial charge < -0.3 is 14.8 Å². The molecule has 0 aromatic carbocycles. The molecule has 2 fully saturated rings. The van der Waals surface area contributed by atoms with E-state index in [0.717, 1.165) is 47.8 Å². The highest BCUT2D eigenvalue weighted by atomic mass is 16.6. The molecular formula is C26H37N5O4. The van der Waals surface area contributed by atoms with E-state index in [1.54, 1.807) is 47.7 Å². The number of carbonyl (C=O) groups excluding carboxylic acids is 2. The molecule has 1 N–H and O–H groups in total. The van der Waals surface area contributed by atoms with Crippen molar-refractivity contribution in [1.29, 1.82) is 0 Å². The summed E-state index contributed by atoms with van der Waals surface area (Å²) in [5.41, 5.74) is 0.678. The van der Waals surface area contributed by atoms with Crippen LogP contribution in [0.2, 0.25) is 0 Å². The number of carbonyl (C=O) groups is 2. The smallest absolute Gasteiger partial charge is 0.419 e. The van der Waals surface area contributed by atoms with Gasteiger partial charge in [-0.15, -0.1) is 0 Å². The van der Waals surface area contributed by atoms with Crippen LogP contribution in [-0.2, 0) is 9.47 Å².